The first-order valence-corrected chi connectivity index (χ1v) is 5.19. The molecule has 0 amide bonds. The molecule has 0 bridgehead atoms. The van der Waals surface area contributed by atoms with Gasteiger partial charge in [0.05, 0.1) is 19.8 Å². The van der Waals surface area contributed by atoms with Gasteiger partial charge in [0.25, 0.3) is 0 Å². The Bertz CT molecular complexity index is 427. The molecule has 0 aromatic heterocycles. The summed E-state index contributed by atoms with van der Waals surface area (Å²) in [6.45, 7) is 0. The second kappa shape index (κ2) is 5.75. The Labute approximate surface area is 103 Å². The second-order valence-corrected chi connectivity index (χ2v) is 3.60. The summed E-state index contributed by atoms with van der Waals surface area (Å²) in [7, 11) is 2.55. The van der Waals surface area contributed by atoms with E-state index in [1.54, 1.807) is 0 Å². The van der Waals surface area contributed by atoms with Gasteiger partial charge in [-0.3, -0.25) is 4.79 Å². The molecule has 0 atom stereocenters. The molecule has 0 aliphatic rings. The van der Waals surface area contributed by atoms with Gasteiger partial charge in [0.1, 0.15) is 5.75 Å². The van der Waals surface area contributed by atoms with Gasteiger partial charge in [-0.25, -0.2) is 0 Å². The standard InChI is InChI=1S/C12H13F3O3/c1-17-10-7-9(12(13,14)15)5-3-8(10)4-6-11(16)18-2/h3,5,7H,4,6H2,1-2H3. The molecule has 3 nitrogen and oxygen atoms in total. The fourth-order valence-corrected chi connectivity index (χ4v) is 1.47. The first-order chi connectivity index (χ1) is 8.38. The van der Waals surface area contributed by atoms with Crippen molar-refractivity contribution < 1.29 is 27.4 Å². The van der Waals surface area contributed by atoms with E-state index in [1.807, 2.05) is 0 Å². The molecule has 0 unspecified atom stereocenters. The number of benzene rings is 1. The Balaban J connectivity index is 2.90. The summed E-state index contributed by atoms with van der Waals surface area (Å²) in [4.78, 5) is 11.0. The first kappa shape index (κ1) is 14.3. The number of aryl methyl sites for hydroxylation is 1. The Morgan fingerprint density at radius 1 is 1.28 bits per heavy atom. The SMILES string of the molecule is COC(=O)CCc1ccc(C(F)(F)F)cc1OC. The monoisotopic (exact) mass is 262 g/mol. The van der Waals surface area contributed by atoms with Crippen molar-refractivity contribution in [3.63, 3.8) is 0 Å². The molecule has 0 saturated carbocycles. The van der Waals surface area contributed by atoms with Crippen LogP contribution in [-0.4, -0.2) is 20.2 Å². The lowest BCUT2D eigenvalue weighted by Crippen LogP contribution is -2.07. The predicted octanol–water partition coefficient (Wildman–Crippen LogP) is 2.82. The van der Waals surface area contributed by atoms with Gasteiger partial charge in [0.15, 0.2) is 0 Å². The fraction of sp³-hybridized carbons (Fsp3) is 0.417. The Hall–Kier alpha value is -1.72. The van der Waals surface area contributed by atoms with Crippen LogP contribution in [0.25, 0.3) is 0 Å². The average molecular weight is 262 g/mol. The molecule has 1 rings (SSSR count). The van der Waals surface area contributed by atoms with E-state index in [9.17, 15) is 18.0 Å². The number of carbonyl (C=O) groups is 1. The van der Waals surface area contributed by atoms with Gasteiger partial charge in [0.2, 0.25) is 0 Å². The van der Waals surface area contributed by atoms with Crippen molar-refractivity contribution in [3.05, 3.63) is 29.3 Å². The van der Waals surface area contributed by atoms with Crippen molar-refractivity contribution in [2.75, 3.05) is 14.2 Å². The summed E-state index contributed by atoms with van der Waals surface area (Å²) in [5.74, 6) is -0.300. The fourth-order valence-electron chi connectivity index (χ4n) is 1.47. The first-order valence-electron chi connectivity index (χ1n) is 5.19. The molecule has 0 saturated heterocycles. The minimum atomic E-state index is -4.41. The lowest BCUT2D eigenvalue weighted by atomic mass is 10.1. The number of alkyl halides is 3. The topological polar surface area (TPSA) is 35.5 Å². The molecule has 0 aliphatic heterocycles. The van der Waals surface area contributed by atoms with Gasteiger partial charge in [-0.15, -0.1) is 0 Å². The summed E-state index contributed by atoms with van der Waals surface area (Å²) < 4.78 is 46.8. The van der Waals surface area contributed by atoms with Crippen LogP contribution in [0, 0.1) is 0 Å². The molecule has 18 heavy (non-hydrogen) atoms. The third kappa shape index (κ3) is 3.65. The van der Waals surface area contributed by atoms with E-state index < -0.39 is 17.7 Å². The summed E-state index contributed by atoms with van der Waals surface area (Å²) in [5.41, 5.74) is -0.239. The molecule has 0 N–H and O–H groups in total. The van der Waals surface area contributed by atoms with Gasteiger partial charge in [0, 0.05) is 6.42 Å². The molecule has 1 aromatic carbocycles. The third-order valence-corrected chi connectivity index (χ3v) is 2.44. The maximum Gasteiger partial charge on any atom is 0.416 e. The summed E-state index contributed by atoms with van der Waals surface area (Å²) >= 11 is 0. The highest BCUT2D eigenvalue weighted by Gasteiger charge is 2.31. The van der Waals surface area contributed by atoms with Crippen LogP contribution >= 0.6 is 0 Å². The van der Waals surface area contributed by atoms with Crippen LogP contribution in [0.2, 0.25) is 0 Å². The van der Waals surface area contributed by atoms with E-state index in [4.69, 9.17) is 4.74 Å². The van der Waals surface area contributed by atoms with Crippen molar-refractivity contribution in [1.29, 1.82) is 0 Å². The molecule has 6 heteroatoms. The lowest BCUT2D eigenvalue weighted by molar-refractivity contribution is -0.140. The second-order valence-electron chi connectivity index (χ2n) is 3.60. The van der Waals surface area contributed by atoms with Crippen LogP contribution in [0.5, 0.6) is 5.75 Å². The number of rotatable bonds is 4. The molecule has 0 radical (unpaired) electrons. The molecule has 0 heterocycles. The summed E-state index contributed by atoms with van der Waals surface area (Å²) in [6.07, 6.45) is -4.04. The number of hydrogen-bond donors (Lipinski definition) is 0. The van der Waals surface area contributed by atoms with E-state index >= 15 is 0 Å². The maximum absolute atomic E-state index is 12.5. The highest BCUT2D eigenvalue weighted by atomic mass is 19.4. The van der Waals surface area contributed by atoms with Gasteiger partial charge < -0.3 is 9.47 Å². The van der Waals surface area contributed by atoms with E-state index in [0.717, 1.165) is 12.1 Å². The molecule has 100 valence electrons. The largest absolute Gasteiger partial charge is 0.496 e. The quantitative estimate of drug-likeness (QED) is 0.783. The molecular weight excluding hydrogens is 249 g/mol. The molecule has 0 spiro atoms. The van der Waals surface area contributed by atoms with Crippen LogP contribution in [0.1, 0.15) is 17.5 Å². The van der Waals surface area contributed by atoms with Crippen LogP contribution < -0.4 is 4.74 Å². The smallest absolute Gasteiger partial charge is 0.416 e. The normalized spacial score (nSPS) is 11.2. The van der Waals surface area contributed by atoms with Crippen molar-refractivity contribution in [2.45, 2.75) is 19.0 Å². The van der Waals surface area contributed by atoms with E-state index in [2.05, 4.69) is 4.74 Å². The molecule has 0 fully saturated rings. The van der Waals surface area contributed by atoms with Crippen LogP contribution in [0.3, 0.4) is 0 Å². The maximum atomic E-state index is 12.5. The number of hydrogen-bond acceptors (Lipinski definition) is 3. The summed E-state index contributed by atoms with van der Waals surface area (Å²) in [6, 6.07) is 3.20. The van der Waals surface area contributed by atoms with Crippen LogP contribution in [-0.2, 0) is 22.1 Å². The molecular formula is C12H13F3O3. The lowest BCUT2D eigenvalue weighted by Gasteiger charge is -2.12. The summed E-state index contributed by atoms with van der Waals surface area (Å²) in [5, 5.41) is 0. The van der Waals surface area contributed by atoms with Crippen LogP contribution in [0.15, 0.2) is 18.2 Å². The molecule has 1 aromatic rings. The average Bonchev–Trinajstić information content (AvgIpc) is 2.34. The van der Waals surface area contributed by atoms with Crippen LogP contribution in [0.4, 0.5) is 13.2 Å². The Morgan fingerprint density at radius 2 is 1.94 bits per heavy atom. The number of esters is 1. The highest BCUT2D eigenvalue weighted by Crippen LogP contribution is 2.33. The van der Waals surface area contributed by atoms with Gasteiger partial charge in [-0.05, 0) is 24.1 Å². The van der Waals surface area contributed by atoms with Crippen molar-refractivity contribution >= 4 is 5.97 Å². The van der Waals surface area contributed by atoms with Gasteiger partial charge in [-0.1, -0.05) is 6.07 Å². The van der Waals surface area contributed by atoms with Crippen molar-refractivity contribution in [1.82, 2.24) is 0 Å². The van der Waals surface area contributed by atoms with Gasteiger partial charge >= 0.3 is 12.1 Å². The van der Waals surface area contributed by atoms with Crippen molar-refractivity contribution in [3.8, 4) is 5.75 Å². The Kier molecular flexibility index (Phi) is 4.58. The number of methoxy groups -OCH3 is 2. The van der Waals surface area contributed by atoms with Gasteiger partial charge in [-0.2, -0.15) is 13.2 Å². The van der Waals surface area contributed by atoms with E-state index in [1.165, 1.54) is 20.3 Å². The Morgan fingerprint density at radius 3 is 2.44 bits per heavy atom. The van der Waals surface area contributed by atoms with Crippen molar-refractivity contribution in [2.24, 2.45) is 0 Å². The molecule has 0 aliphatic carbocycles. The van der Waals surface area contributed by atoms with E-state index in [0.29, 0.717) is 5.56 Å². The minimum absolute atomic E-state index is 0.0955. The minimum Gasteiger partial charge on any atom is -0.496 e. The number of carbonyl (C=O) groups excluding carboxylic acids is 1. The number of halogens is 3. The predicted molar refractivity (Wildman–Crippen MR) is 58.3 cm³/mol. The zero-order valence-corrected chi connectivity index (χ0v) is 10.0. The number of ether oxygens (including phenoxy) is 2. The van der Waals surface area contributed by atoms with E-state index in [-0.39, 0.29) is 18.6 Å². The highest BCUT2D eigenvalue weighted by molar-refractivity contribution is 5.69. The zero-order valence-electron chi connectivity index (χ0n) is 10.0. The third-order valence-electron chi connectivity index (χ3n) is 2.44. The zero-order chi connectivity index (χ0) is 13.8.